The summed E-state index contributed by atoms with van der Waals surface area (Å²) in [5, 5.41) is 3.81. The largest absolute Gasteiger partial charge is 0.271 e. The average Bonchev–Trinajstić information content (AvgIpc) is 2.57. The molecule has 132 valence electrons. The quantitative estimate of drug-likeness (QED) is 0.636. The predicted molar refractivity (Wildman–Crippen MR) is 93.8 cm³/mol. The van der Waals surface area contributed by atoms with Crippen LogP contribution in [0.15, 0.2) is 52.5 Å². The molecular weight excluding hydrogens is 369 g/mol. The number of nitrogens with one attached hydrogen (secondary N) is 1. The Kier molecular flexibility index (Phi) is 5.89. The fraction of sp³-hybridized carbons (Fsp3) is 0.125. The number of nitrogens with zero attached hydrogens (tertiary/aromatic N) is 2. The van der Waals surface area contributed by atoms with Crippen molar-refractivity contribution in [1.29, 1.82) is 0 Å². The Balaban J connectivity index is 2.18. The predicted octanol–water partition coefficient (Wildman–Crippen LogP) is 2.49. The van der Waals surface area contributed by atoms with Crippen molar-refractivity contribution in [2.45, 2.75) is 4.90 Å². The summed E-state index contributed by atoms with van der Waals surface area (Å²) >= 11 is 5.85. The lowest BCUT2D eigenvalue weighted by Gasteiger charge is -2.11. The summed E-state index contributed by atoms with van der Waals surface area (Å²) in [4.78, 5) is 12.1. The van der Waals surface area contributed by atoms with Gasteiger partial charge in [-0.25, -0.2) is 22.5 Å². The van der Waals surface area contributed by atoms with E-state index < -0.39 is 21.7 Å². The van der Waals surface area contributed by atoms with Crippen LogP contribution in [0.5, 0.6) is 0 Å². The minimum Gasteiger partial charge on any atom is -0.267 e. The molecule has 9 heteroatoms. The highest BCUT2D eigenvalue weighted by molar-refractivity contribution is 7.89. The number of hydrogen-bond donors (Lipinski definition) is 1. The summed E-state index contributed by atoms with van der Waals surface area (Å²) in [6, 6.07) is 9.65. The van der Waals surface area contributed by atoms with E-state index in [1.807, 2.05) is 0 Å². The Morgan fingerprint density at radius 2 is 1.92 bits per heavy atom. The molecule has 2 aromatic carbocycles. The van der Waals surface area contributed by atoms with Gasteiger partial charge in [-0.1, -0.05) is 23.7 Å². The molecule has 0 aromatic heterocycles. The molecule has 0 aliphatic carbocycles. The number of hydrogen-bond acceptors (Lipinski definition) is 4. The first kappa shape index (κ1) is 19.0. The van der Waals surface area contributed by atoms with Gasteiger partial charge in [-0.15, -0.1) is 0 Å². The summed E-state index contributed by atoms with van der Waals surface area (Å²) in [6.45, 7) is 0. The summed E-state index contributed by atoms with van der Waals surface area (Å²) in [7, 11) is -0.873. The Labute approximate surface area is 150 Å². The van der Waals surface area contributed by atoms with Crippen molar-refractivity contribution >= 4 is 33.7 Å². The van der Waals surface area contributed by atoms with E-state index in [9.17, 15) is 17.6 Å². The number of carbonyl (C=O) groups is 1. The van der Waals surface area contributed by atoms with Crippen molar-refractivity contribution in [1.82, 2.24) is 9.73 Å². The molecule has 0 atom stereocenters. The fourth-order valence-electron chi connectivity index (χ4n) is 1.86. The highest BCUT2D eigenvalue weighted by Gasteiger charge is 2.18. The topological polar surface area (TPSA) is 78.8 Å². The van der Waals surface area contributed by atoms with Crippen molar-refractivity contribution in [2.75, 3.05) is 14.1 Å². The summed E-state index contributed by atoms with van der Waals surface area (Å²) in [5.74, 6) is -1.22. The van der Waals surface area contributed by atoms with Gasteiger partial charge in [-0.2, -0.15) is 5.10 Å². The van der Waals surface area contributed by atoms with E-state index in [0.29, 0.717) is 0 Å². The Morgan fingerprint density at radius 3 is 2.56 bits per heavy atom. The highest BCUT2D eigenvalue weighted by atomic mass is 35.5. The number of hydrazone groups is 1. The third-order valence-corrected chi connectivity index (χ3v) is 5.37. The molecule has 0 saturated carbocycles. The summed E-state index contributed by atoms with van der Waals surface area (Å²) in [5.41, 5.74) is 2.34. The first-order chi connectivity index (χ1) is 11.7. The van der Waals surface area contributed by atoms with Gasteiger partial charge in [0, 0.05) is 25.2 Å². The van der Waals surface area contributed by atoms with Crippen molar-refractivity contribution < 1.29 is 17.6 Å². The standard InChI is InChI=1S/C16H15ClFN3O3S/c1-21(2)25(23,24)12-6-3-5-11(9-12)16(22)20-19-10-13-14(17)7-4-8-15(13)18/h3-10H,1-2H3,(H,20,22)/b19-10-. The molecule has 0 fully saturated rings. The van der Waals surface area contributed by atoms with Crippen LogP contribution >= 0.6 is 11.6 Å². The first-order valence-corrected chi connectivity index (χ1v) is 8.85. The van der Waals surface area contributed by atoms with Crippen LogP contribution in [-0.2, 0) is 10.0 Å². The Hall–Kier alpha value is -2.29. The van der Waals surface area contributed by atoms with Crippen LogP contribution in [0.3, 0.4) is 0 Å². The van der Waals surface area contributed by atoms with E-state index in [1.165, 1.54) is 56.6 Å². The Morgan fingerprint density at radius 1 is 1.24 bits per heavy atom. The SMILES string of the molecule is CN(C)S(=O)(=O)c1cccc(C(=O)N/N=C\c2c(F)cccc2Cl)c1. The third kappa shape index (κ3) is 4.41. The monoisotopic (exact) mass is 383 g/mol. The number of benzene rings is 2. The van der Waals surface area contributed by atoms with Gasteiger partial charge >= 0.3 is 0 Å². The maximum Gasteiger partial charge on any atom is 0.271 e. The first-order valence-electron chi connectivity index (χ1n) is 7.03. The maximum absolute atomic E-state index is 13.6. The molecule has 0 radical (unpaired) electrons. The zero-order valence-electron chi connectivity index (χ0n) is 13.4. The lowest BCUT2D eigenvalue weighted by Crippen LogP contribution is -2.23. The van der Waals surface area contributed by atoms with E-state index in [0.717, 1.165) is 10.5 Å². The third-order valence-electron chi connectivity index (χ3n) is 3.23. The van der Waals surface area contributed by atoms with Crippen LogP contribution in [-0.4, -0.2) is 38.9 Å². The molecular formula is C16H15ClFN3O3S. The molecule has 2 rings (SSSR count). The molecule has 0 aliphatic rings. The molecule has 25 heavy (non-hydrogen) atoms. The fourth-order valence-corrected chi connectivity index (χ4v) is 3.02. The van der Waals surface area contributed by atoms with Crippen molar-refractivity contribution in [3.63, 3.8) is 0 Å². The molecule has 2 aromatic rings. The number of carbonyl (C=O) groups excluding carboxylic acids is 1. The number of halogens is 2. The van der Waals surface area contributed by atoms with Crippen LogP contribution in [0.2, 0.25) is 5.02 Å². The van der Waals surface area contributed by atoms with Gasteiger partial charge in [-0.05, 0) is 30.3 Å². The lowest BCUT2D eigenvalue weighted by atomic mass is 10.2. The van der Waals surface area contributed by atoms with Gasteiger partial charge < -0.3 is 0 Å². The van der Waals surface area contributed by atoms with Gasteiger partial charge in [0.2, 0.25) is 10.0 Å². The van der Waals surface area contributed by atoms with Gasteiger partial charge in [0.05, 0.1) is 16.1 Å². The smallest absolute Gasteiger partial charge is 0.267 e. The van der Waals surface area contributed by atoms with E-state index in [1.54, 1.807) is 0 Å². The minimum atomic E-state index is -3.66. The van der Waals surface area contributed by atoms with Crippen LogP contribution < -0.4 is 5.43 Å². The molecule has 0 unspecified atom stereocenters. The highest BCUT2D eigenvalue weighted by Crippen LogP contribution is 2.17. The number of sulfonamides is 1. The summed E-state index contributed by atoms with van der Waals surface area (Å²) < 4.78 is 38.8. The summed E-state index contributed by atoms with van der Waals surface area (Å²) in [6.07, 6.45) is 1.08. The second-order valence-electron chi connectivity index (χ2n) is 5.15. The van der Waals surface area contributed by atoms with Gasteiger partial charge in [0.15, 0.2) is 0 Å². The van der Waals surface area contributed by atoms with Crippen molar-refractivity contribution in [3.05, 3.63) is 64.4 Å². The molecule has 0 aliphatic heterocycles. The second-order valence-corrected chi connectivity index (χ2v) is 7.71. The molecule has 6 nitrogen and oxygen atoms in total. The molecule has 0 saturated heterocycles. The molecule has 0 bridgehead atoms. The maximum atomic E-state index is 13.6. The normalized spacial score (nSPS) is 11.9. The molecule has 1 N–H and O–H groups in total. The molecule has 0 spiro atoms. The molecule has 0 heterocycles. The van der Waals surface area contributed by atoms with E-state index in [-0.39, 0.29) is 21.0 Å². The zero-order valence-corrected chi connectivity index (χ0v) is 15.0. The van der Waals surface area contributed by atoms with Crippen molar-refractivity contribution in [2.24, 2.45) is 5.10 Å². The van der Waals surface area contributed by atoms with Gasteiger partial charge in [0.25, 0.3) is 5.91 Å². The van der Waals surface area contributed by atoms with Crippen LogP contribution in [0.1, 0.15) is 15.9 Å². The van der Waals surface area contributed by atoms with Crippen molar-refractivity contribution in [3.8, 4) is 0 Å². The Bertz CT molecular complexity index is 910. The minimum absolute atomic E-state index is 0.0220. The number of rotatable bonds is 5. The lowest BCUT2D eigenvalue weighted by molar-refractivity contribution is 0.0955. The zero-order chi connectivity index (χ0) is 18.6. The van der Waals surface area contributed by atoms with Gasteiger partial charge in [0.1, 0.15) is 5.82 Å². The van der Waals surface area contributed by atoms with Crippen LogP contribution in [0, 0.1) is 5.82 Å². The molecule has 1 amide bonds. The van der Waals surface area contributed by atoms with Crippen LogP contribution in [0.4, 0.5) is 4.39 Å². The number of amides is 1. The van der Waals surface area contributed by atoms with E-state index in [4.69, 9.17) is 11.6 Å². The average molecular weight is 384 g/mol. The second kappa shape index (κ2) is 7.73. The van der Waals surface area contributed by atoms with Gasteiger partial charge in [-0.3, -0.25) is 4.79 Å². The van der Waals surface area contributed by atoms with E-state index in [2.05, 4.69) is 10.5 Å². The van der Waals surface area contributed by atoms with Crippen LogP contribution in [0.25, 0.3) is 0 Å². The van der Waals surface area contributed by atoms with E-state index >= 15 is 0 Å².